The number of aromatic nitrogens is 2. The van der Waals surface area contributed by atoms with Crippen molar-refractivity contribution in [3.63, 3.8) is 0 Å². The Balaban J connectivity index is 1.60. The minimum Gasteiger partial charge on any atom is -0.497 e. The summed E-state index contributed by atoms with van der Waals surface area (Å²) >= 11 is 0. The summed E-state index contributed by atoms with van der Waals surface area (Å²) in [5, 5.41) is 8.00. The molecule has 150 valence electrons. The van der Waals surface area contributed by atoms with E-state index in [-0.39, 0.29) is 5.89 Å². The molecule has 0 fully saturated rings. The highest BCUT2D eigenvalue weighted by atomic mass is 16.6. The summed E-state index contributed by atoms with van der Waals surface area (Å²) in [7, 11) is 1.60. The Morgan fingerprint density at radius 2 is 1.69 bits per heavy atom. The van der Waals surface area contributed by atoms with Crippen molar-refractivity contribution < 1.29 is 18.7 Å². The average Bonchev–Trinajstić information content (AvgIpc) is 3.23. The molecule has 1 aromatic heterocycles. The Labute approximate surface area is 170 Å². The van der Waals surface area contributed by atoms with E-state index < -0.39 is 12.1 Å². The molecule has 6 nitrogen and oxygen atoms in total. The van der Waals surface area contributed by atoms with Crippen LogP contribution in [0.5, 0.6) is 5.75 Å². The van der Waals surface area contributed by atoms with Crippen LogP contribution in [0.2, 0.25) is 0 Å². The van der Waals surface area contributed by atoms with Crippen molar-refractivity contribution in [2.45, 2.75) is 32.8 Å². The van der Waals surface area contributed by atoms with Crippen LogP contribution >= 0.6 is 0 Å². The molecule has 0 bridgehead atoms. The van der Waals surface area contributed by atoms with Crippen molar-refractivity contribution in [1.82, 2.24) is 10.2 Å². The number of carbonyl (C=O) groups is 1. The lowest BCUT2D eigenvalue weighted by Gasteiger charge is -2.07. The molecule has 0 aliphatic rings. The number of esters is 1. The van der Waals surface area contributed by atoms with Gasteiger partial charge in [-0.25, -0.2) is 4.79 Å². The summed E-state index contributed by atoms with van der Waals surface area (Å²) in [6.45, 7) is 5.97. The van der Waals surface area contributed by atoms with Crippen LogP contribution in [0.15, 0.2) is 59.0 Å². The SMILES string of the molecule is COc1ccc(-c2nnc(C(C)OC(=O)/C=C/c3ccc(C(C)C)cc3)o2)cc1. The smallest absolute Gasteiger partial charge is 0.331 e. The highest BCUT2D eigenvalue weighted by Gasteiger charge is 2.18. The fourth-order valence-electron chi connectivity index (χ4n) is 2.67. The largest absolute Gasteiger partial charge is 0.497 e. The maximum Gasteiger partial charge on any atom is 0.331 e. The van der Waals surface area contributed by atoms with Gasteiger partial charge in [0.1, 0.15) is 5.75 Å². The quantitative estimate of drug-likeness (QED) is 0.407. The first-order valence-electron chi connectivity index (χ1n) is 9.42. The van der Waals surface area contributed by atoms with Gasteiger partial charge in [-0.3, -0.25) is 0 Å². The van der Waals surface area contributed by atoms with Crippen LogP contribution in [0.25, 0.3) is 17.5 Å². The second-order valence-electron chi connectivity index (χ2n) is 6.91. The second-order valence-corrected chi connectivity index (χ2v) is 6.91. The highest BCUT2D eigenvalue weighted by Crippen LogP contribution is 2.24. The van der Waals surface area contributed by atoms with E-state index in [9.17, 15) is 4.79 Å². The van der Waals surface area contributed by atoms with Gasteiger partial charge in [0.15, 0.2) is 6.10 Å². The van der Waals surface area contributed by atoms with Crippen LogP contribution in [0, 0.1) is 0 Å². The zero-order valence-electron chi connectivity index (χ0n) is 17.0. The zero-order chi connectivity index (χ0) is 20.8. The molecule has 0 amide bonds. The summed E-state index contributed by atoms with van der Waals surface area (Å²) in [6, 6.07) is 15.3. The monoisotopic (exact) mass is 392 g/mol. The Morgan fingerprint density at radius 3 is 2.31 bits per heavy atom. The first-order valence-corrected chi connectivity index (χ1v) is 9.42. The third-order valence-electron chi connectivity index (χ3n) is 4.43. The molecular formula is C23H24N2O4. The van der Waals surface area contributed by atoms with E-state index in [0.717, 1.165) is 16.9 Å². The number of rotatable bonds is 7. The van der Waals surface area contributed by atoms with Gasteiger partial charge in [-0.15, -0.1) is 10.2 Å². The molecule has 1 atom stereocenters. The van der Waals surface area contributed by atoms with Crippen LogP contribution in [0.1, 0.15) is 49.8 Å². The number of ether oxygens (including phenoxy) is 2. The van der Waals surface area contributed by atoms with Crippen LogP contribution in [-0.4, -0.2) is 23.3 Å². The molecule has 1 heterocycles. The van der Waals surface area contributed by atoms with Crippen LogP contribution in [0.3, 0.4) is 0 Å². The highest BCUT2D eigenvalue weighted by molar-refractivity contribution is 5.87. The van der Waals surface area contributed by atoms with Gasteiger partial charge >= 0.3 is 5.97 Å². The van der Waals surface area contributed by atoms with Crippen LogP contribution < -0.4 is 4.74 Å². The van der Waals surface area contributed by atoms with E-state index in [1.807, 2.05) is 24.3 Å². The fraction of sp³-hybridized carbons (Fsp3) is 0.261. The third kappa shape index (κ3) is 5.31. The van der Waals surface area contributed by atoms with Crippen molar-refractivity contribution in [3.8, 4) is 17.2 Å². The van der Waals surface area contributed by atoms with Gasteiger partial charge in [0.25, 0.3) is 5.89 Å². The number of hydrogen-bond donors (Lipinski definition) is 0. The van der Waals surface area contributed by atoms with E-state index in [2.05, 4.69) is 36.2 Å². The topological polar surface area (TPSA) is 74.5 Å². The van der Waals surface area contributed by atoms with E-state index in [1.165, 1.54) is 11.6 Å². The van der Waals surface area contributed by atoms with Crippen molar-refractivity contribution in [1.29, 1.82) is 0 Å². The minimum absolute atomic E-state index is 0.235. The van der Waals surface area contributed by atoms with Crippen molar-refractivity contribution in [2.24, 2.45) is 0 Å². The molecule has 0 aliphatic heterocycles. The predicted molar refractivity (Wildman–Crippen MR) is 110 cm³/mol. The number of nitrogens with zero attached hydrogens (tertiary/aromatic N) is 2. The van der Waals surface area contributed by atoms with Crippen LogP contribution in [0.4, 0.5) is 0 Å². The van der Waals surface area contributed by atoms with E-state index in [4.69, 9.17) is 13.9 Å². The van der Waals surface area contributed by atoms with Gasteiger partial charge in [-0.2, -0.15) is 0 Å². The maximum absolute atomic E-state index is 12.1. The van der Waals surface area contributed by atoms with Gasteiger partial charge in [0.2, 0.25) is 5.89 Å². The minimum atomic E-state index is -0.657. The Bertz CT molecular complexity index is 973. The molecule has 3 rings (SSSR count). The number of benzene rings is 2. The standard InChI is InChI=1S/C23H24N2O4/c1-15(2)18-8-5-17(6-9-18)7-14-21(26)28-16(3)22-24-25-23(29-22)19-10-12-20(27-4)13-11-19/h5-16H,1-4H3/b14-7+. The molecule has 3 aromatic rings. The lowest BCUT2D eigenvalue weighted by Crippen LogP contribution is -2.06. The fourth-order valence-corrected chi connectivity index (χ4v) is 2.67. The number of carbonyl (C=O) groups excluding carboxylic acids is 1. The number of methoxy groups -OCH3 is 1. The molecule has 0 radical (unpaired) electrons. The van der Waals surface area contributed by atoms with Crippen molar-refractivity contribution >= 4 is 12.0 Å². The molecule has 2 aromatic carbocycles. The zero-order valence-corrected chi connectivity index (χ0v) is 17.0. The molecular weight excluding hydrogens is 368 g/mol. The average molecular weight is 392 g/mol. The molecule has 0 N–H and O–H groups in total. The summed E-state index contributed by atoms with van der Waals surface area (Å²) in [5.74, 6) is 1.32. The first kappa shape index (κ1) is 20.3. The van der Waals surface area contributed by atoms with Gasteiger partial charge in [-0.1, -0.05) is 38.1 Å². The number of hydrogen-bond acceptors (Lipinski definition) is 6. The molecule has 0 saturated heterocycles. The molecule has 29 heavy (non-hydrogen) atoms. The van der Waals surface area contributed by atoms with Gasteiger partial charge in [0.05, 0.1) is 7.11 Å². The lowest BCUT2D eigenvalue weighted by molar-refractivity contribution is -0.143. The summed E-state index contributed by atoms with van der Waals surface area (Å²) < 4.78 is 16.1. The summed E-state index contributed by atoms with van der Waals surface area (Å²) in [6.07, 6.45) is 2.45. The summed E-state index contributed by atoms with van der Waals surface area (Å²) in [5.41, 5.74) is 2.94. The molecule has 1 unspecified atom stereocenters. The Morgan fingerprint density at radius 1 is 1.00 bits per heavy atom. The van der Waals surface area contributed by atoms with E-state index >= 15 is 0 Å². The van der Waals surface area contributed by atoms with E-state index in [0.29, 0.717) is 11.8 Å². The second kappa shape index (κ2) is 9.19. The molecule has 0 saturated carbocycles. The van der Waals surface area contributed by atoms with Crippen molar-refractivity contribution in [3.05, 3.63) is 71.6 Å². The third-order valence-corrected chi connectivity index (χ3v) is 4.43. The van der Waals surface area contributed by atoms with Crippen LogP contribution in [-0.2, 0) is 9.53 Å². The van der Waals surface area contributed by atoms with E-state index in [1.54, 1.807) is 32.2 Å². The maximum atomic E-state index is 12.1. The Hall–Kier alpha value is -3.41. The Kier molecular flexibility index (Phi) is 6.44. The molecule has 0 spiro atoms. The van der Waals surface area contributed by atoms with Gasteiger partial charge < -0.3 is 13.9 Å². The summed E-state index contributed by atoms with van der Waals surface area (Å²) in [4.78, 5) is 12.1. The van der Waals surface area contributed by atoms with Gasteiger partial charge in [-0.05, 0) is 54.3 Å². The van der Waals surface area contributed by atoms with Gasteiger partial charge in [0, 0.05) is 11.6 Å². The lowest BCUT2D eigenvalue weighted by atomic mass is 10.0. The first-order chi connectivity index (χ1) is 14.0. The molecule has 0 aliphatic carbocycles. The molecule has 6 heteroatoms. The van der Waals surface area contributed by atoms with Crippen molar-refractivity contribution in [2.75, 3.05) is 7.11 Å². The predicted octanol–water partition coefficient (Wildman–Crippen LogP) is 5.19. The normalized spacial score (nSPS) is 12.3.